The van der Waals surface area contributed by atoms with E-state index in [0.717, 1.165) is 10.4 Å². The first kappa shape index (κ1) is 13.7. The molecule has 0 bridgehead atoms. The molecule has 0 spiro atoms. The number of rotatable bonds is 2. The Morgan fingerprint density at radius 2 is 1.64 bits per heavy atom. The van der Waals surface area contributed by atoms with Gasteiger partial charge in [0.1, 0.15) is 6.04 Å². The minimum atomic E-state index is 0.0503. The van der Waals surface area contributed by atoms with E-state index in [9.17, 15) is 0 Å². The van der Waals surface area contributed by atoms with E-state index in [1.807, 2.05) is 12.1 Å². The molecule has 0 radical (unpaired) electrons. The summed E-state index contributed by atoms with van der Waals surface area (Å²) in [6.07, 6.45) is 0. The Kier molecular flexibility index (Phi) is 3.56. The molecule has 2 heterocycles. The Labute approximate surface area is 141 Å². The van der Waals surface area contributed by atoms with Crippen molar-refractivity contribution in [2.24, 2.45) is 4.99 Å². The Bertz CT molecular complexity index is 825. The molecule has 0 aliphatic carbocycles. The highest BCUT2D eigenvalue weighted by molar-refractivity contribution is 9.18. The van der Waals surface area contributed by atoms with Crippen molar-refractivity contribution < 1.29 is 0 Å². The molecule has 4 rings (SSSR count). The molecule has 1 aliphatic rings. The van der Waals surface area contributed by atoms with Crippen LogP contribution in [0.15, 0.2) is 71.7 Å². The van der Waals surface area contributed by atoms with E-state index in [1.165, 1.54) is 20.9 Å². The number of amidine groups is 1. The summed E-state index contributed by atoms with van der Waals surface area (Å²) < 4.78 is 0.784. The highest BCUT2D eigenvalue weighted by atomic mass is 79.9. The second-order valence-corrected chi connectivity index (χ2v) is 6.95. The molecule has 0 saturated carbocycles. The number of halogens is 1. The summed E-state index contributed by atoms with van der Waals surface area (Å²) in [7, 11) is 0. The smallest absolute Gasteiger partial charge is 0.171 e. The predicted molar refractivity (Wildman–Crippen MR) is 98.0 cm³/mol. The van der Waals surface area contributed by atoms with Gasteiger partial charge >= 0.3 is 0 Å². The van der Waals surface area contributed by atoms with E-state index in [1.54, 1.807) is 11.3 Å². The first-order chi connectivity index (χ1) is 10.8. The van der Waals surface area contributed by atoms with Crippen LogP contribution in [0.1, 0.15) is 16.5 Å². The van der Waals surface area contributed by atoms with Crippen LogP contribution in [-0.2, 0) is 0 Å². The lowest BCUT2D eigenvalue weighted by Gasteiger charge is -2.20. The minimum Gasteiger partial charge on any atom is -0.334 e. The maximum Gasteiger partial charge on any atom is 0.171 e. The Morgan fingerprint density at radius 3 is 2.36 bits per heavy atom. The number of hydrogen-bond acceptors (Lipinski definition) is 3. The van der Waals surface area contributed by atoms with E-state index in [4.69, 9.17) is 4.99 Å². The van der Waals surface area contributed by atoms with Crippen molar-refractivity contribution in [3.63, 3.8) is 0 Å². The van der Waals surface area contributed by atoms with Crippen LogP contribution in [0.2, 0.25) is 0 Å². The summed E-state index contributed by atoms with van der Waals surface area (Å²) in [5.41, 5.74) is 3.59. The highest BCUT2D eigenvalue weighted by Gasteiger charge is 2.25. The maximum atomic E-state index is 4.73. The van der Waals surface area contributed by atoms with Crippen molar-refractivity contribution in [1.82, 2.24) is 0 Å². The van der Waals surface area contributed by atoms with Gasteiger partial charge in [-0.1, -0.05) is 60.7 Å². The molecule has 4 heteroatoms. The molecule has 2 aromatic carbocycles. The normalized spacial score (nSPS) is 16.6. The van der Waals surface area contributed by atoms with Gasteiger partial charge in [-0.15, -0.1) is 11.3 Å². The second kappa shape index (κ2) is 5.71. The molecule has 2 nitrogen and oxygen atoms in total. The molecule has 1 N–H and O–H groups in total. The van der Waals surface area contributed by atoms with Gasteiger partial charge in [0, 0.05) is 4.88 Å². The van der Waals surface area contributed by atoms with Gasteiger partial charge in [0.05, 0.1) is 10.6 Å². The maximum absolute atomic E-state index is 4.73. The fourth-order valence-electron chi connectivity index (χ4n) is 2.63. The van der Waals surface area contributed by atoms with Crippen molar-refractivity contribution in [1.29, 1.82) is 0 Å². The molecule has 0 saturated heterocycles. The molecular weight excluding hydrogens is 356 g/mol. The largest absolute Gasteiger partial charge is 0.334 e. The van der Waals surface area contributed by atoms with Gasteiger partial charge in [0.25, 0.3) is 0 Å². The van der Waals surface area contributed by atoms with Crippen LogP contribution < -0.4 is 5.32 Å². The predicted octanol–water partition coefficient (Wildman–Crippen LogP) is 5.68. The lowest BCUT2D eigenvalue weighted by atomic mass is 10.0. The third kappa shape index (κ3) is 2.49. The van der Waals surface area contributed by atoms with E-state index < -0.39 is 0 Å². The third-order valence-electron chi connectivity index (χ3n) is 3.66. The van der Waals surface area contributed by atoms with Crippen molar-refractivity contribution in [2.45, 2.75) is 6.04 Å². The molecule has 22 heavy (non-hydrogen) atoms. The molecule has 0 fully saturated rings. The number of fused-ring (bicyclic) bond motifs is 1. The summed E-state index contributed by atoms with van der Waals surface area (Å²) in [6.45, 7) is 0. The van der Waals surface area contributed by atoms with Crippen LogP contribution in [0, 0.1) is 0 Å². The zero-order valence-electron chi connectivity index (χ0n) is 11.7. The summed E-state index contributed by atoms with van der Waals surface area (Å²) in [5, 5.41) is 3.33. The highest BCUT2D eigenvalue weighted by Crippen LogP contribution is 2.44. The van der Waals surface area contributed by atoms with Crippen molar-refractivity contribution in [3.8, 4) is 10.4 Å². The zero-order valence-corrected chi connectivity index (χ0v) is 14.1. The Balaban J connectivity index is 1.81. The van der Waals surface area contributed by atoms with Crippen molar-refractivity contribution in [2.75, 3.05) is 5.32 Å². The van der Waals surface area contributed by atoms with E-state index in [2.05, 4.69) is 75.8 Å². The van der Waals surface area contributed by atoms with E-state index in [-0.39, 0.29) is 6.04 Å². The Hall–Kier alpha value is -1.91. The number of aliphatic imine (C=N–C) groups is 1. The van der Waals surface area contributed by atoms with Gasteiger partial charge < -0.3 is 5.32 Å². The van der Waals surface area contributed by atoms with Gasteiger partial charge in [-0.2, -0.15) is 0 Å². The van der Waals surface area contributed by atoms with Gasteiger partial charge in [-0.25, -0.2) is 4.99 Å². The monoisotopic (exact) mass is 368 g/mol. The van der Waals surface area contributed by atoms with Crippen molar-refractivity contribution in [3.05, 3.63) is 77.2 Å². The molecule has 1 aromatic heterocycles. The van der Waals surface area contributed by atoms with E-state index >= 15 is 0 Å². The average molecular weight is 369 g/mol. The number of nitrogens with zero attached hydrogens (tertiary/aromatic N) is 1. The van der Waals surface area contributed by atoms with Gasteiger partial charge in [-0.05, 0) is 33.1 Å². The Morgan fingerprint density at radius 1 is 0.955 bits per heavy atom. The molecule has 108 valence electrons. The molecule has 1 unspecified atom stereocenters. The fraction of sp³-hybridized carbons (Fsp3) is 0.0556. The second-order valence-electron chi connectivity index (χ2n) is 5.11. The first-order valence-corrected chi connectivity index (χ1v) is 8.66. The van der Waals surface area contributed by atoms with Gasteiger partial charge in [-0.3, -0.25) is 0 Å². The number of hydrogen-bond donors (Lipinski definition) is 1. The lowest BCUT2D eigenvalue weighted by Crippen LogP contribution is -2.14. The van der Waals surface area contributed by atoms with Crippen LogP contribution in [0.25, 0.3) is 10.4 Å². The summed E-state index contributed by atoms with van der Waals surface area (Å²) >= 11 is 5.31. The topological polar surface area (TPSA) is 24.4 Å². The molecule has 1 atom stereocenters. The van der Waals surface area contributed by atoms with Gasteiger partial charge in [0.15, 0.2) is 4.74 Å². The quantitative estimate of drug-likeness (QED) is 0.578. The number of anilines is 1. The molecule has 0 amide bonds. The summed E-state index contributed by atoms with van der Waals surface area (Å²) in [6, 6.07) is 23.2. The lowest BCUT2D eigenvalue weighted by molar-refractivity contribution is 0.891. The number of benzene rings is 2. The molecule has 1 aliphatic heterocycles. The fourth-order valence-corrected chi connectivity index (χ4v) is 4.23. The zero-order chi connectivity index (χ0) is 14.9. The molecular formula is C18H13BrN2S. The van der Waals surface area contributed by atoms with Crippen LogP contribution in [-0.4, -0.2) is 4.74 Å². The SMILES string of the molecule is BrC1=NC(c2ccccc2)c2sc(-c3ccccc3)cc2N1. The number of thiophene rings is 1. The average Bonchev–Trinajstić information content (AvgIpc) is 2.99. The van der Waals surface area contributed by atoms with Crippen LogP contribution in [0.5, 0.6) is 0 Å². The van der Waals surface area contributed by atoms with Gasteiger partial charge in [0.2, 0.25) is 0 Å². The van der Waals surface area contributed by atoms with Crippen LogP contribution in [0.3, 0.4) is 0 Å². The van der Waals surface area contributed by atoms with Crippen LogP contribution >= 0.6 is 27.3 Å². The third-order valence-corrected chi connectivity index (χ3v) is 5.30. The summed E-state index contributed by atoms with van der Waals surface area (Å²) in [4.78, 5) is 7.25. The standard InChI is InChI=1S/C18H13BrN2S/c19-18-20-14-11-15(12-7-3-1-4-8-12)22-17(14)16(21-18)13-9-5-2-6-10-13/h1-11,16H,(H,20,21). The van der Waals surface area contributed by atoms with Crippen molar-refractivity contribution >= 4 is 37.7 Å². The van der Waals surface area contributed by atoms with Crippen LogP contribution in [0.4, 0.5) is 5.69 Å². The minimum absolute atomic E-state index is 0.0503. The van der Waals surface area contributed by atoms with E-state index in [0.29, 0.717) is 0 Å². The number of nitrogens with one attached hydrogen (secondary N) is 1. The summed E-state index contributed by atoms with van der Waals surface area (Å²) in [5.74, 6) is 0. The molecule has 3 aromatic rings. The first-order valence-electron chi connectivity index (χ1n) is 7.06.